The van der Waals surface area contributed by atoms with Crippen molar-refractivity contribution in [3.63, 3.8) is 0 Å². The van der Waals surface area contributed by atoms with Gasteiger partial charge in [0.1, 0.15) is 0 Å². The molecule has 0 atom stereocenters. The number of aryl methyl sites for hydroxylation is 1. The van der Waals surface area contributed by atoms with Gasteiger partial charge >= 0.3 is 0 Å². The number of halogens is 1. The summed E-state index contributed by atoms with van der Waals surface area (Å²) in [4.78, 5) is 27.4. The van der Waals surface area contributed by atoms with E-state index < -0.39 is 0 Å². The minimum atomic E-state index is 0.284. The third-order valence-corrected chi connectivity index (χ3v) is 3.03. The minimum absolute atomic E-state index is 0.284. The fourth-order valence-corrected chi connectivity index (χ4v) is 1.90. The van der Waals surface area contributed by atoms with Crippen LogP contribution in [0.3, 0.4) is 0 Å². The zero-order valence-electron chi connectivity index (χ0n) is 11.4. The minimum Gasteiger partial charge on any atom is -0.211 e. The van der Waals surface area contributed by atoms with Crippen LogP contribution in [-0.4, -0.2) is 12.2 Å². The Labute approximate surface area is 130 Å². The lowest BCUT2D eigenvalue weighted by Gasteiger charge is -2.00. The van der Waals surface area contributed by atoms with Gasteiger partial charge in [0.25, 0.3) is 0 Å². The maximum Gasteiger partial charge on any atom is 0.240 e. The molecule has 0 aliphatic rings. The Morgan fingerprint density at radius 2 is 1.55 bits per heavy atom. The number of aliphatic imine (C=N–C) groups is 2. The van der Waals surface area contributed by atoms with Crippen molar-refractivity contribution in [3.8, 4) is 0 Å². The largest absolute Gasteiger partial charge is 0.240 e. The zero-order valence-corrected chi connectivity index (χ0v) is 12.2. The van der Waals surface area contributed by atoms with Crippen LogP contribution in [0.4, 0.5) is 22.7 Å². The summed E-state index contributed by atoms with van der Waals surface area (Å²) < 4.78 is 0. The van der Waals surface area contributed by atoms with Crippen LogP contribution in [0.2, 0.25) is 5.02 Å². The second-order valence-electron chi connectivity index (χ2n) is 4.21. The van der Waals surface area contributed by atoms with Crippen LogP contribution in [0.1, 0.15) is 5.56 Å². The van der Waals surface area contributed by atoms with E-state index in [4.69, 9.17) is 11.6 Å². The second kappa shape index (κ2) is 7.20. The number of nitrogens with zero attached hydrogens (tertiary/aromatic N) is 4. The summed E-state index contributed by atoms with van der Waals surface area (Å²) in [7, 11) is 0. The quantitative estimate of drug-likeness (QED) is 0.452. The number of benzene rings is 2. The van der Waals surface area contributed by atoms with Crippen molar-refractivity contribution in [3.05, 3.63) is 47.0 Å². The third-order valence-electron chi connectivity index (χ3n) is 2.73. The first-order valence-corrected chi connectivity index (χ1v) is 6.49. The van der Waals surface area contributed by atoms with Gasteiger partial charge in [-0.25, -0.2) is 9.59 Å². The van der Waals surface area contributed by atoms with Crippen LogP contribution in [0.5, 0.6) is 0 Å². The molecule has 2 rings (SSSR count). The Hall–Kier alpha value is -2.91. The van der Waals surface area contributed by atoms with E-state index in [1.165, 1.54) is 12.2 Å². The van der Waals surface area contributed by atoms with Crippen molar-refractivity contribution >= 4 is 46.5 Å². The molecular weight excluding hydrogens is 304 g/mol. The lowest BCUT2D eigenvalue weighted by Crippen LogP contribution is -1.74. The van der Waals surface area contributed by atoms with Crippen molar-refractivity contribution in [2.24, 2.45) is 20.2 Å². The maximum absolute atomic E-state index is 10.2. The molecule has 0 saturated heterocycles. The number of hydrogen-bond acceptors (Lipinski definition) is 6. The third kappa shape index (κ3) is 3.81. The van der Waals surface area contributed by atoms with E-state index in [0.717, 1.165) is 5.56 Å². The molecule has 2 aromatic carbocycles. The predicted octanol–water partition coefficient (Wildman–Crippen LogP) is 5.00. The SMILES string of the molecule is Cc1cc(N=C=O)ccc1N=Nc1ccc(N=C=O)c(Cl)c1. The van der Waals surface area contributed by atoms with Gasteiger partial charge in [0.2, 0.25) is 12.2 Å². The molecule has 0 aliphatic heterocycles. The van der Waals surface area contributed by atoms with Crippen LogP contribution in [0.25, 0.3) is 0 Å². The van der Waals surface area contributed by atoms with Crippen LogP contribution >= 0.6 is 11.6 Å². The van der Waals surface area contributed by atoms with Gasteiger partial charge in [-0.2, -0.15) is 20.2 Å². The molecule has 0 radical (unpaired) electrons. The van der Waals surface area contributed by atoms with Gasteiger partial charge in [-0.15, -0.1) is 0 Å². The normalized spacial score (nSPS) is 10.1. The molecule has 0 N–H and O–H groups in total. The van der Waals surface area contributed by atoms with Gasteiger partial charge < -0.3 is 0 Å². The van der Waals surface area contributed by atoms with Crippen molar-refractivity contribution in [1.82, 2.24) is 0 Å². The molecule has 0 saturated carbocycles. The number of carbonyl (C=O) groups excluding carboxylic acids is 2. The summed E-state index contributed by atoms with van der Waals surface area (Å²) in [5.41, 5.74) is 2.79. The summed E-state index contributed by atoms with van der Waals surface area (Å²) in [6, 6.07) is 9.76. The van der Waals surface area contributed by atoms with Crippen LogP contribution in [-0.2, 0) is 9.59 Å². The molecule has 108 valence electrons. The number of azo groups is 1. The molecule has 0 bridgehead atoms. The van der Waals surface area contributed by atoms with E-state index >= 15 is 0 Å². The monoisotopic (exact) mass is 312 g/mol. The Balaban J connectivity index is 2.27. The molecule has 22 heavy (non-hydrogen) atoms. The van der Waals surface area contributed by atoms with Gasteiger partial charge in [0.15, 0.2) is 0 Å². The maximum atomic E-state index is 10.2. The molecule has 7 heteroatoms. The highest BCUT2D eigenvalue weighted by atomic mass is 35.5. The predicted molar refractivity (Wildman–Crippen MR) is 82.4 cm³/mol. The van der Waals surface area contributed by atoms with E-state index in [0.29, 0.717) is 22.7 Å². The van der Waals surface area contributed by atoms with Crippen molar-refractivity contribution in [2.45, 2.75) is 6.92 Å². The van der Waals surface area contributed by atoms with Crippen LogP contribution in [0, 0.1) is 6.92 Å². The molecular formula is C15H9ClN4O2. The van der Waals surface area contributed by atoms with Crippen molar-refractivity contribution < 1.29 is 9.59 Å². The Morgan fingerprint density at radius 1 is 0.864 bits per heavy atom. The van der Waals surface area contributed by atoms with Gasteiger partial charge in [-0.05, 0) is 48.9 Å². The molecule has 0 amide bonds. The fraction of sp³-hybridized carbons (Fsp3) is 0.0667. The first kappa shape index (κ1) is 15.5. The van der Waals surface area contributed by atoms with E-state index in [-0.39, 0.29) is 5.02 Å². The standard InChI is InChI=1S/C15H9ClN4O2/c1-10-6-11(17-8-21)2-4-14(10)20-19-12-3-5-15(18-9-22)13(16)7-12/h2-7H,1H3. The summed E-state index contributed by atoms with van der Waals surface area (Å²) >= 11 is 5.95. The Morgan fingerprint density at radius 3 is 2.18 bits per heavy atom. The first-order chi connectivity index (χ1) is 10.6. The Kier molecular flexibility index (Phi) is 5.07. The highest BCUT2D eigenvalue weighted by Crippen LogP contribution is 2.30. The summed E-state index contributed by atoms with van der Waals surface area (Å²) in [5, 5.41) is 8.46. The molecule has 0 fully saturated rings. The average molecular weight is 313 g/mol. The van der Waals surface area contributed by atoms with Crippen LogP contribution in [0.15, 0.2) is 56.6 Å². The number of hydrogen-bond donors (Lipinski definition) is 0. The highest BCUT2D eigenvalue weighted by Gasteiger charge is 2.02. The van der Waals surface area contributed by atoms with E-state index in [2.05, 4.69) is 20.2 Å². The molecule has 0 spiro atoms. The van der Waals surface area contributed by atoms with Gasteiger partial charge in [-0.1, -0.05) is 11.6 Å². The molecule has 0 unspecified atom stereocenters. The lowest BCUT2D eigenvalue weighted by atomic mass is 10.2. The average Bonchev–Trinajstić information content (AvgIpc) is 2.49. The van der Waals surface area contributed by atoms with Crippen LogP contribution < -0.4 is 0 Å². The van der Waals surface area contributed by atoms with E-state index in [9.17, 15) is 9.59 Å². The Bertz CT molecular complexity index is 835. The molecule has 2 aromatic rings. The molecule has 0 aromatic heterocycles. The van der Waals surface area contributed by atoms with Crippen molar-refractivity contribution in [2.75, 3.05) is 0 Å². The topological polar surface area (TPSA) is 83.6 Å². The zero-order chi connectivity index (χ0) is 15.9. The second-order valence-corrected chi connectivity index (χ2v) is 4.62. The highest BCUT2D eigenvalue weighted by molar-refractivity contribution is 6.33. The summed E-state index contributed by atoms with van der Waals surface area (Å²) in [6.07, 6.45) is 2.91. The lowest BCUT2D eigenvalue weighted by molar-refractivity contribution is 0.564. The molecule has 0 heterocycles. The fourth-order valence-electron chi connectivity index (χ4n) is 1.68. The number of rotatable bonds is 4. The van der Waals surface area contributed by atoms with E-state index in [1.807, 2.05) is 6.92 Å². The van der Waals surface area contributed by atoms with Gasteiger partial charge in [0.05, 0.1) is 27.8 Å². The van der Waals surface area contributed by atoms with Crippen molar-refractivity contribution in [1.29, 1.82) is 0 Å². The van der Waals surface area contributed by atoms with Gasteiger partial charge in [-0.3, -0.25) is 0 Å². The van der Waals surface area contributed by atoms with Gasteiger partial charge in [0, 0.05) is 0 Å². The first-order valence-electron chi connectivity index (χ1n) is 6.11. The van der Waals surface area contributed by atoms with E-state index in [1.54, 1.807) is 36.4 Å². The summed E-state index contributed by atoms with van der Waals surface area (Å²) in [6.45, 7) is 1.83. The number of isocyanates is 2. The molecule has 0 aliphatic carbocycles. The smallest absolute Gasteiger partial charge is 0.211 e. The molecule has 6 nitrogen and oxygen atoms in total. The summed E-state index contributed by atoms with van der Waals surface area (Å²) in [5.74, 6) is 0.